The third-order valence-electron chi connectivity index (χ3n) is 3.80. The summed E-state index contributed by atoms with van der Waals surface area (Å²) >= 11 is 0. The van der Waals surface area contributed by atoms with Gasteiger partial charge in [0.05, 0.1) is 12.2 Å². The van der Waals surface area contributed by atoms with E-state index in [1.807, 2.05) is 24.3 Å². The van der Waals surface area contributed by atoms with E-state index in [0.29, 0.717) is 12.5 Å². The van der Waals surface area contributed by atoms with Gasteiger partial charge in [-0.1, -0.05) is 41.5 Å². The Kier molecular flexibility index (Phi) is 3.98. The van der Waals surface area contributed by atoms with Crippen molar-refractivity contribution >= 4 is 0 Å². The van der Waals surface area contributed by atoms with Crippen LogP contribution in [0.3, 0.4) is 0 Å². The summed E-state index contributed by atoms with van der Waals surface area (Å²) in [5.74, 6) is 0.903. The van der Waals surface area contributed by atoms with Gasteiger partial charge >= 0.3 is 0 Å². The third-order valence-corrected chi connectivity index (χ3v) is 3.80. The van der Waals surface area contributed by atoms with E-state index in [1.165, 1.54) is 16.7 Å². The molecule has 0 radical (unpaired) electrons. The Balaban J connectivity index is 1.67. The summed E-state index contributed by atoms with van der Waals surface area (Å²) < 4.78 is 5.73. The molecule has 0 aromatic heterocycles. The Bertz CT molecular complexity index is 592. The van der Waals surface area contributed by atoms with E-state index in [2.05, 4.69) is 32.0 Å². The Morgan fingerprint density at radius 2 is 1.67 bits per heavy atom. The lowest BCUT2D eigenvalue weighted by molar-refractivity contribution is 0.178. The minimum atomic E-state index is -0.471. The van der Waals surface area contributed by atoms with Crippen molar-refractivity contribution in [1.29, 1.82) is 0 Å². The lowest BCUT2D eigenvalue weighted by atomic mass is 9.98. The first-order valence-corrected chi connectivity index (χ1v) is 7.62. The van der Waals surface area contributed by atoms with Gasteiger partial charge in [0.15, 0.2) is 0 Å². The van der Waals surface area contributed by atoms with Crippen LogP contribution in [0.4, 0.5) is 0 Å². The van der Waals surface area contributed by atoms with Crippen molar-refractivity contribution in [2.24, 2.45) is 0 Å². The highest BCUT2D eigenvalue weighted by molar-refractivity contribution is 5.32. The molecule has 0 aliphatic heterocycles. The van der Waals surface area contributed by atoms with Crippen molar-refractivity contribution in [3.05, 3.63) is 64.7 Å². The second kappa shape index (κ2) is 5.90. The summed E-state index contributed by atoms with van der Waals surface area (Å²) in [4.78, 5) is 0. The van der Waals surface area contributed by atoms with Gasteiger partial charge in [-0.05, 0) is 49.9 Å². The Hall–Kier alpha value is -1.80. The van der Waals surface area contributed by atoms with Gasteiger partial charge in [0, 0.05) is 6.42 Å². The van der Waals surface area contributed by atoms with E-state index in [-0.39, 0.29) is 0 Å². The molecule has 1 aliphatic carbocycles. The highest BCUT2D eigenvalue weighted by atomic mass is 16.5. The fourth-order valence-electron chi connectivity index (χ4n) is 2.67. The van der Waals surface area contributed by atoms with Gasteiger partial charge < -0.3 is 9.84 Å². The van der Waals surface area contributed by atoms with Crippen LogP contribution in [0.15, 0.2) is 42.5 Å². The lowest BCUT2D eigenvalue weighted by Gasteiger charge is -2.13. The minimum Gasteiger partial charge on any atom is -0.490 e. The first-order valence-electron chi connectivity index (χ1n) is 7.62. The second-order valence-corrected chi connectivity index (χ2v) is 6.10. The molecule has 0 heterocycles. The van der Waals surface area contributed by atoms with Gasteiger partial charge in [0.25, 0.3) is 0 Å². The van der Waals surface area contributed by atoms with E-state index in [4.69, 9.17) is 4.74 Å². The molecular weight excluding hydrogens is 260 g/mol. The molecule has 0 spiro atoms. The lowest BCUT2D eigenvalue weighted by Crippen LogP contribution is -2.03. The summed E-state index contributed by atoms with van der Waals surface area (Å²) in [7, 11) is 0. The number of hydrogen-bond acceptors (Lipinski definition) is 2. The average Bonchev–Trinajstić information content (AvgIpc) is 3.22. The summed E-state index contributed by atoms with van der Waals surface area (Å²) in [6.07, 6.45) is 2.91. The van der Waals surface area contributed by atoms with Gasteiger partial charge in [-0.25, -0.2) is 0 Å². The molecule has 21 heavy (non-hydrogen) atoms. The molecular formula is C19H22O2. The monoisotopic (exact) mass is 282 g/mol. The zero-order valence-corrected chi connectivity index (χ0v) is 12.7. The summed E-state index contributed by atoms with van der Waals surface area (Å²) in [5.41, 5.74) is 4.60. The first-order chi connectivity index (χ1) is 10.1. The first kappa shape index (κ1) is 14.2. The van der Waals surface area contributed by atoms with Crippen LogP contribution in [0.25, 0.3) is 0 Å². The largest absolute Gasteiger partial charge is 0.490 e. The van der Waals surface area contributed by atoms with Gasteiger partial charge in [0.1, 0.15) is 5.75 Å². The quantitative estimate of drug-likeness (QED) is 0.894. The Morgan fingerprint density at radius 3 is 2.24 bits per heavy atom. The van der Waals surface area contributed by atoms with Gasteiger partial charge in [0.2, 0.25) is 0 Å². The molecule has 1 N–H and O–H groups in total. The molecule has 1 fully saturated rings. The van der Waals surface area contributed by atoms with Crippen molar-refractivity contribution < 1.29 is 9.84 Å². The number of hydrogen-bond donors (Lipinski definition) is 1. The minimum absolute atomic E-state index is 0.413. The zero-order valence-electron chi connectivity index (χ0n) is 12.7. The van der Waals surface area contributed by atoms with Crippen LogP contribution < -0.4 is 4.74 Å². The maximum atomic E-state index is 10.4. The fraction of sp³-hybridized carbons (Fsp3) is 0.368. The van der Waals surface area contributed by atoms with Crippen molar-refractivity contribution in [3.63, 3.8) is 0 Å². The average molecular weight is 282 g/mol. The van der Waals surface area contributed by atoms with Gasteiger partial charge in [-0.15, -0.1) is 0 Å². The number of aryl methyl sites for hydroxylation is 2. The molecule has 110 valence electrons. The molecule has 1 atom stereocenters. The van der Waals surface area contributed by atoms with Gasteiger partial charge in [-0.3, -0.25) is 0 Å². The van der Waals surface area contributed by atoms with Crippen molar-refractivity contribution in [3.8, 4) is 5.75 Å². The smallest absolute Gasteiger partial charge is 0.119 e. The maximum Gasteiger partial charge on any atom is 0.119 e. The topological polar surface area (TPSA) is 29.5 Å². The Labute approximate surface area is 126 Å². The SMILES string of the molecule is Cc1cc(C)cc(CC(O)c2ccc(OC3CC3)cc2)c1. The van der Waals surface area contributed by atoms with Gasteiger partial charge in [-0.2, -0.15) is 0 Å². The van der Waals surface area contributed by atoms with Crippen LogP contribution in [0, 0.1) is 13.8 Å². The predicted molar refractivity (Wildman–Crippen MR) is 84.7 cm³/mol. The molecule has 3 rings (SSSR count). The molecule has 0 bridgehead atoms. The number of aliphatic hydroxyl groups excluding tert-OH is 1. The molecule has 1 aliphatic rings. The predicted octanol–water partition coefficient (Wildman–Crippen LogP) is 4.12. The molecule has 2 aromatic rings. The van der Waals surface area contributed by atoms with E-state index in [1.54, 1.807) is 0 Å². The van der Waals surface area contributed by atoms with Crippen molar-refractivity contribution in [2.75, 3.05) is 0 Å². The number of ether oxygens (including phenoxy) is 1. The molecule has 2 nitrogen and oxygen atoms in total. The summed E-state index contributed by atoms with van der Waals surface area (Å²) in [5, 5.41) is 10.4. The molecule has 1 saturated carbocycles. The molecule has 0 saturated heterocycles. The van der Waals surface area contributed by atoms with Crippen LogP contribution in [-0.4, -0.2) is 11.2 Å². The maximum absolute atomic E-state index is 10.4. The molecule has 2 heteroatoms. The highest BCUT2D eigenvalue weighted by Gasteiger charge is 2.23. The van der Waals surface area contributed by atoms with Crippen LogP contribution >= 0.6 is 0 Å². The van der Waals surface area contributed by atoms with Crippen molar-refractivity contribution in [1.82, 2.24) is 0 Å². The van der Waals surface area contributed by atoms with E-state index < -0.39 is 6.10 Å². The normalized spacial score (nSPS) is 15.8. The van der Waals surface area contributed by atoms with E-state index >= 15 is 0 Å². The van der Waals surface area contributed by atoms with Crippen LogP contribution in [0.2, 0.25) is 0 Å². The van der Waals surface area contributed by atoms with Crippen LogP contribution in [0.5, 0.6) is 5.75 Å². The zero-order chi connectivity index (χ0) is 14.8. The van der Waals surface area contributed by atoms with E-state index in [0.717, 1.165) is 24.2 Å². The number of rotatable bonds is 5. The third kappa shape index (κ3) is 3.85. The number of aliphatic hydroxyl groups is 1. The summed E-state index contributed by atoms with van der Waals surface area (Å²) in [6.45, 7) is 4.18. The highest BCUT2D eigenvalue weighted by Crippen LogP contribution is 2.28. The fourth-order valence-corrected chi connectivity index (χ4v) is 2.67. The van der Waals surface area contributed by atoms with E-state index in [9.17, 15) is 5.11 Å². The standard InChI is InChI=1S/C19H22O2/c1-13-9-14(2)11-15(10-13)12-19(20)16-3-5-17(6-4-16)21-18-7-8-18/h3-6,9-11,18-20H,7-8,12H2,1-2H3. The van der Waals surface area contributed by atoms with Crippen molar-refractivity contribution in [2.45, 2.75) is 45.3 Å². The molecule has 2 aromatic carbocycles. The molecule has 0 amide bonds. The van der Waals surface area contributed by atoms with Crippen LogP contribution in [-0.2, 0) is 6.42 Å². The van der Waals surface area contributed by atoms with Crippen LogP contribution in [0.1, 0.15) is 41.2 Å². The second-order valence-electron chi connectivity index (χ2n) is 6.10. The molecule has 1 unspecified atom stereocenters. The summed E-state index contributed by atoms with van der Waals surface area (Å²) in [6, 6.07) is 14.3. The Morgan fingerprint density at radius 1 is 1.05 bits per heavy atom. The number of benzene rings is 2.